The predicted molar refractivity (Wildman–Crippen MR) is 95.1 cm³/mol. The Balaban J connectivity index is 1.76. The summed E-state index contributed by atoms with van der Waals surface area (Å²) >= 11 is 0. The Bertz CT molecular complexity index is 651. The normalized spacial score (nSPS) is 16.8. The SMILES string of the molecule is COc1cc(-c2ccccc2)ccc1CNC1(CO)CCOCC1. The standard InChI is InChI=1S/C20H25NO3/c1-23-19-13-17(16-5-3-2-4-6-16)7-8-18(19)14-21-20(15-22)9-11-24-12-10-20/h2-8,13,21-22H,9-12,14-15H2,1H3. The number of methoxy groups -OCH3 is 1. The molecule has 1 aliphatic rings. The van der Waals surface area contributed by atoms with Crippen LogP contribution in [0.25, 0.3) is 11.1 Å². The van der Waals surface area contributed by atoms with Crippen LogP contribution in [0.5, 0.6) is 5.75 Å². The largest absolute Gasteiger partial charge is 0.496 e. The van der Waals surface area contributed by atoms with Crippen molar-refractivity contribution in [2.45, 2.75) is 24.9 Å². The summed E-state index contributed by atoms with van der Waals surface area (Å²) in [6.07, 6.45) is 1.65. The van der Waals surface area contributed by atoms with Crippen LogP contribution < -0.4 is 10.1 Å². The van der Waals surface area contributed by atoms with Crippen LogP contribution in [0.4, 0.5) is 0 Å². The van der Waals surface area contributed by atoms with E-state index in [9.17, 15) is 5.11 Å². The lowest BCUT2D eigenvalue weighted by Crippen LogP contribution is -2.51. The molecule has 24 heavy (non-hydrogen) atoms. The van der Waals surface area contributed by atoms with Gasteiger partial charge in [0.05, 0.1) is 13.7 Å². The van der Waals surface area contributed by atoms with Crippen molar-refractivity contribution < 1.29 is 14.6 Å². The maximum Gasteiger partial charge on any atom is 0.123 e. The average Bonchev–Trinajstić information content (AvgIpc) is 2.67. The Morgan fingerprint density at radius 1 is 1.08 bits per heavy atom. The minimum atomic E-state index is -0.249. The molecule has 0 radical (unpaired) electrons. The zero-order valence-electron chi connectivity index (χ0n) is 14.1. The summed E-state index contributed by atoms with van der Waals surface area (Å²) in [5.41, 5.74) is 3.16. The van der Waals surface area contributed by atoms with E-state index in [1.807, 2.05) is 18.2 Å². The summed E-state index contributed by atoms with van der Waals surface area (Å²) in [4.78, 5) is 0. The lowest BCUT2D eigenvalue weighted by atomic mass is 9.90. The second kappa shape index (κ2) is 7.79. The van der Waals surface area contributed by atoms with Crippen molar-refractivity contribution in [1.82, 2.24) is 5.32 Å². The minimum absolute atomic E-state index is 0.126. The third kappa shape index (κ3) is 3.78. The highest BCUT2D eigenvalue weighted by molar-refractivity contribution is 5.66. The number of benzene rings is 2. The van der Waals surface area contributed by atoms with Gasteiger partial charge in [0, 0.05) is 30.9 Å². The number of hydrogen-bond acceptors (Lipinski definition) is 4. The first-order chi connectivity index (χ1) is 11.8. The summed E-state index contributed by atoms with van der Waals surface area (Å²) in [5.74, 6) is 0.865. The van der Waals surface area contributed by atoms with Gasteiger partial charge in [-0.2, -0.15) is 0 Å². The van der Waals surface area contributed by atoms with E-state index in [2.05, 4.69) is 35.6 Å². The lowest BCUT2D eigenvalue weighted by Gasteiger charge is -2.36. The Labute approximate surface area is 143 Å². The first-order valence-electron chi connectivity index (χ1n) is 8.42. The molecular formula is C20H25NO3. The zero-order valence-corrected chi connectivity index (χ0v) is 14.1. The number of ether oxygens (including phenoxy) is 2. The second-order valence-electron chi connectivity index (χ2n) is 6.30. The molecular weight excluding hydrogens is 302 g/mol. The number of hydrogen-bond donors (Lipinski definition) is 2. The number of nitrogens with one attached hydrogen (secondary N) is 1. The summed E-state index contributed by atoms with van der Waals surface area (Å²) < 4.78 is 11.0. The molecule has 1 saturated heterocycles. The van der Waals surface area contributed by atoms with Crippen molar-refractivity contribution in [3.63, 3.8) is 0 Å². The summed E-state index contributed by atoms with van der Waals surface area (Å²) in [5, 5.41) is 13.3. The van der Waals surface area contributed by atoms with Crippen molar-refractivity contribution in [1.29, 1.82) is 0 Å². The van der Waals surface area contributed by atoms with E-state index in [0.717, 1.165) is 29.7 Å². The van der Waals surface area contributed by atoms with Crippen LogP contribution >= 0.6 is 0 Å². The molecule has 1 aliphatic heterocycles. The number of rotatable bonds is 6. The molecule has 4 nitrogen and oxygen atoms in total. The van der Waals surface area contributed by atoms with E-state index < -0.39 is 0 Å². The van der Waals surface area contributed by atoms with Gasteiger partial charge in [-0.25, -0.2) is 0 Å². The van der Waals surface area contributed by atoms with Crippen LogP contribution in [0.15, 0.2) is 48.5 Å². The molecule has 1 fully saturated rings. The van der Waals surface area contributed by atoms with E-state index in [1.165, 1.54) is 5.56 Å². The van der Waals surface area contributed by atoms with E-state index in [4.69, 9.17) is 9.47 Å². The maximum atomic E-state index is 9.79. The van der Waals surface area contributed by atoms with E-state index in [-0.39, 0.29) is 12.1 Å². The second-order valence-corrected chi connectivity index (χ2v) is 6.30. The molecule has 2 aromatic carbocycles. The molecule has 4 heteroatoms. The molecule has 0 atom stereocenters. The van der Waals surface area contributed by atoms with Crippen molar-refractivity contribution in [3.05, 3.63) is 54.1 Å². The minimum Gasteiger partial charge on any atom is -0.496 e. The third-order valence-electron chi connectivity index (χ3n) is 4.80. The molecule has 0 spiro atoms. The van der Waals surface area contributed by atoms with Crippen molar-refractivity contribution >= 4 is 0 Å². The van der Waals surface area contributed by atoms with Gasteiger partial charge in [0.25, 0.3) is 0 Å². The molecule has 1 heterocycles. The zero-order chi connectivity index (χ0) is 16.8. The van der Waals surface area contributed by atoms with Crippen molar-refractivity contribution in [2.75, 3.05) is 26.9 Å². The predicted octanol–water partition coefficient (Wildman–Crippen LogP) is 2.99. The fraction of sp³-hybridized carbons (Fsp3) is 0.400. The number of aliphatic hydroxyl groups is 1. The Morgan fingerprint density at radius 2 is 1.83 bits per heavy atom. The highest BCUT2D eigenvalue weighted by Gasteiger charge is 2.31. The monoisotopic (exact) mass is 327 g/mol. The van der Waals surface area contributed by atoms with Gasteiger partial charge in [0.1, 0.15) is 5.75 Å². The summed E-state index contributed by atoms with van der Waals surface area (Å²) in [6, 6.07) is 16.6. The van der Waals surface area contributed by atoms with Crippen LogP contribution in [0.3, 0.4) is 0 Å². The first kappa shape index (κ1) is 17.0. The fourth-order valence-electron chi connectivity index (χ4n) is 3.14. The topological polar surface area (TPSA) is 50.7 Å². The molecule has 0 bridgehead atoms. The Kier molecular flexibility index (Phi) is 5.51. The molecule has 0 saturated carbocycles. The number of aliphatic hydroxyl groups excluding tert-OH is 1. The van der Waals surface area contributed by atoms with Gasteiger partial charge in [-0.05, 0) is 30.0 Å². The highest BCUT2D eigenvalue weighted by Crippen LogP contribution is 2.28. The fourth-order valence-corrected chi connectivity index (χ4v) is 3.14. The molecule has 2 aromatic rings. The van der Waals surface area contributed by atoms with Gasteiger partial charge in [-0.1, -0.05) is 42.5 Å². The Hall–Kier alpha value is -1.88. The molecule has 0 aliphatic carbocycles. The van der Waals surface area contributed by atoms with Crippen LogP contribution in [0.2, 0.25) is 0 Å². The van der Waals surface area contributed by atoms with Crippen LogP contribution in [0.1, 0.15) is 18.4 Å². The first-order valence-corrected chi connectivity index (χ1v) is 8.42. The molecule has 0 unspecified atom stereocenters. The molecule has 0 amide bonds. The van der Waals surface area contributed by atoms with Crippen LogP contribution in [-0.2, 0) is 11.3 Å². The van der Waals surface area contributed by atoms with Crippen molar-refractivity contribution in [3.8, 4) is 16.9 Å². The van der Waals surface area contributed by atoms with E-state index in [0.29, 0.717) is 19.8 Å². The third-order valence-corrected chi connectivity index (χ3v) is 4.80. The van der Waals surface area contributed by atoms with Crippen molar-refractivity contribution in [2.24, 2.45) is 0 Å². The Morgan fingerprint density at radius 3 is 2.50 bits per heavy atom. The quantitative estimate of drug-likeness (QED) is 0.856. The van der Waals surface area contributed by atoms with Crippen LogP contribution in [-0.4, -0.2) is 37.6 Å². The van der Waals surface area contributed by atoms with Gasteiger partial charge < -0.3 is 19.9 Å². The molecule has 3 rings (SSSR count). The van der Waals surface area contributed by atoms with Crippen LogP contribution in [0, 0.1) is 0 Å². The average molecular weight is 327 g/mol. The van der Waals surface area contributed by atoms with E-state index >= 15 is 0 Å². The van der Waals surface area contributed by atoms with Gasteiger partial charge in [0.15, 0.2) is 0 Å². The molecule has 128 valence electrons. The van der Waals surface area contributed by atoms with E-state index in [1.54, 1.807) is 7.11 Å². The summed E-state index contributed by atoms with van der Waals surface area (Å²) in [7, 11) is 1.70. The molecule has 2 N–H and O–H groups in total. The van der Waals surface area contributed by atoms with Gasteiger partial charge in [-0.15, -0.1) is 0 Å². The van der Waals surface area contributed by atoms with Gasteiger partial charge in [0.2, 0.25) is 0 Å². The van der Waals surface area contributed by atoms with Gasteiger partial charge >= 0.3 is 0 Å². The smallest absolute Gasteiger partial charge is 0.123 e. The van der Waals surface area contributed by atoms with Gasteiger partial charge in [-0.3, -0.25) is 0 Å². The maximum absolute atomic E-state index is 9.79. The lowest BCUT2D eigenvalue weighted by molar-refractivity contribution is 0.0111. The highest BCUT2D eigenvalue weighted by atomic mass is 16.5. The summed E-state index contributed by atoms with van der Waals surface area (Å²) in [6.45, 7) is 2.18. The molecule has 0 aromatic heterocycles.